The van der Waals surface area contributed by atoms with Gasteiger partial charge in [0.1, 0.15) is 6.29 Å². The molecule has 0 aliphatic rings. The Morgan fingerprint density at radius 1 is 1.14 bits per heavy atom. The fourth-order valence-electron chi connectivity index (χ4n) is 2.36. The minimum Gasteiger partial charge on any atom is -0.298 e. The van der Waals surface area contributed by atoms with E-state index >= 15 is 0 Å². The van der Waals surface area contributed by atoms with Crippen molar-refractivity contribution in [3.8, 4) is 0 Å². The topological polar surface area (TPSA) is 34.9 Å². The van der Waals surface area contributed by atoms with E-state index in [1.165, 1.54) is 16.8 Å². The highest BCUT2D eigenvalue weighted by molar-refractivity contribution is 5.86. The molecule has 1 aromatic heterocycles. The smallest absolute Gasteiger partial charge is 0.298 e. The maximum Gasteiger partial charge on any atom is 0.416 e. The van der Waals surface area contributed by atoms with E-state index in [4.69, 9.17) is 0 Å². The lowest BCUT2D eigenvalue weighted by Crippen LogP contribution is -2.11. The van der Waals surface area contributed by atoms with Crippen LogP contribution in [0.1, 0.15) is 21.5 Å². The molecule has 0 saturated carbocycles. The Hall–Kier alpha value is -2.63. The molecule has 0 aliphatic carbocycles. The van der Waals surface area contributed by atoms with Crippen molar-refractivity contribution in [1.29, 1.82) is 0 Å². The number of halogens is 3. The van der Waals surface area contributed by atoms with E-state index in [2.05, 4.69) is 5.10 Å². The van der Waals surface area contributed by atoms with Crippen LogP contribution in [-0.2, 0) is 12.7 Å². The molecule has 0 bridgehead atoms. The molecular weight excluding hydrogens is 293 g/mol. The normalized spacial score (nSPS) is 11.8. The van der Waals surface area contributed by atoms with Gasteiger partial charge in [0, 0.05) is 17.1 Å². The molecule has 0 saturated heterocycles. The van der Waals surface area contributed by atoms with Crippen LogP contribution >= 0.6 is 0 Å². The van der Waals surface area contributed by atoms with Crippen LogP contribution in [0.4, 0.5) is 13.2 Å². The highest BCUT2D eigenvalue weighted by Crippen LogP contribution is 2.32. The summed E-state index contributed by atoms with van der Waals surface area (Å²) in [5, 5.41) is 4.96. The van der Waals surface area contributed by atoms with Gasteiger partial charge in [-0.15, -0.1) is 0 Å². The zero-order valence-electron chi connectivity index (χ0n) is 11.3. The second kappa shape index (κ2) is 5.29. The summed E-state index contributed by atoms with van der Waals surface area (Å²) in [4.78, 5) is 10.8. The van der Waals surface area contributed by atoms with Gasteiger partial charge in [-0.2, -0.15) is 18.3 Å². The van der Waals surface area contributed by atoms with E-state index in [0.717, 1.165) is 12.4 Å². The number of carbonyl (C=O) groups is 1. The maximum atomic E-state index is 13.0. The maximum absolute atomic E-state index is 13.0. The van der Waals surface area contributed by atoms with Crippen molar-refractivity contribution < 1.29 is 18.0 Å². The Morgan fingerprint density at radius 3 is 2.64 bits per heavy atom. The van der Waals surface area contributed by atoms with Gasteiger partial charge >= 0.3 is 6.18 Å². The summed E-state index contributed by atoms with van der Waals surface area (Å²) < 4.78 is 40.4. The third-order valence-electron chi connectivity index (χ3n) is 3.37. The Bertz CT molecular complexity index is 837. The van der Waals surface area contributed by atoms with Gasteiger partial charge in [0.05, 0.1) is 17.6 Å². The van der Waals surface area contributed by atoms with Crippen molar-refractivity contribution in [1.82, 2.24) is 9.78 Å². The molecule has 3 rings (SSSR count). The number of rotatable bonds is 3. The third-order valence-corrected chi connectivity index (χ3v) is 3.37. The van der Waals surface area contributed by atoms with Crippen LogP contribution in [0.25, 0.3) is 10.9 Å². The Kier molecular flexibility index (Phi) is 3.44. The van der Waals surface area contributed by atoms with Gasteiger partial charge in [0.15, 0.2) is 0 Å². The number of fused-ring (bicyclic) bond motifs is 1. The van der Waals surface area contributed by atoms with Crippen molar-refractivity contribution >= 4 is 17.2 Å². The summed E-state index contributed by atoms with van der Waals surface area (Å²) in [6, 6.07) is 10.4. The summed E-state index contributed by atoms with van der Waals surface area (Å²) in [5.41, 5.74) is 0.624. The Labute approximate surface area is 124 Å². The van der Waals surface area contributed by atoms with E-state index in [1.54, 1.807) is 30.5 Å². The standard InChI is InChI=1S/C16H11F3N2O/c17-16(18,19)14-4-2-1-3-12(14)8-21-9-13-7-11(10-22)5-6-15(13)20-21/h1-7,9-10H,8H2. The molecule has 0 spiro atoms. The lowest BCUT2D eigenvalue weighted by atomic mass is 10.1. The SMILES string of the molecule is O=Cc1ccc2nn(Cc3ccccc3C(F)(F)F)cc2c1. The predicted octanol–water partition coefficient (Wildman–Crippen LogP) is 3.92. The lowest BCUT2D eigenvalue weighted by molar-refractivity contribution is -0.138. The molecule has 3 aromatic rings. The molecule has 0 aliphatic heterocycles. The van der Waals surface area contributed by atoms with Crippen LogP contribution in [0.5, 0.6) is 0 Å². The Balaban J connectivity index is 1.99. The number of hydrogen-bond donors (Lipinski definition) is 0. The van der Waals surface area contributed by atoms with Crippen LogP contribution in [0.15, 0.2) is 48.7 Å². The molecule has 0 unspecified atom stereocenters. The summed E-state index contributed by atoms with van der Waals surface area (Å²) in [5.74, 6) is 0. The largest absolute Gasteiger partial charge is 0.416 e. The monoisotopic (exact) mass is 304 g/mol. The molecule has 2 aromatic carbocycles. The second-order valence-corrected chi connectivity index (χ2v) is 4.92. The van der Waals surface area contributed by atoms with Gasteiger partial charge in [-0.05, 0) is 29.8 Å². The third kappa shape index (κ3) is 2.72. The zero-order valence-corrected chi connectivity index (χ0v) is 11.3. The molecule has 0 N–H and O–H groups in total. The van der Waals surface area contributed by atoms with Crippen molar-refractivity contribution in [2.45, 2.75) is 12.7 Å². The van der Waals surface area contributed by atoms with Crippen molar-refractivity contribution in [3.63, 3.8) is 0 Å². The van der Waals surface area contributed by atoms with Gasteiger partial charge in [0.25, 0.3) is 0 Å². The molecule has 6 heteroatoms. The van der Waals surface area contributed by atoms with Gasteiger partial charge in [-0.25, -0.2) is 0 Å². The first-order valence-corrected chi connectivity index (χ1v) is 6.55. The quantitative estimate of drug-likeness (QED) is 0.688. The minimum absolute atomic E-state index is 0.0147. The number of hydrogen-bond acceptors (Lipinski definition) is 2. The van der Waals surface area contributed by atoms with Crippen molar-refractivity contribution in [2.75, 3.05) is 0 Å². The fourth-order valence-corrected chi connectivity index (χ4v) is 2.36. The first-order chi connectivity index (χ1) is 10.5. The van der Waals surface area contributed by atoms with E-state index in [0.29, 0.717) is 16.5 Å². The molecule has 0 atom stereocenters. The molecule has 112 valence electrons. The van der Waals surface area contributed by atoms with E-state index < -0.39 is 11.7 Å². The van der Waals surface area contributed by atoms with Crippen LogP contribution in [0.3, 0.4) is 0 Å². The van der Waals surface area contributed by atoms with Gasteiger partial charge in [-0.3, -0.25) is 9.48 Å². The number of benzene rings is 2. The lowest BCUT2D eigenvalue weighted by Gasteiger charge is -2.12. The van der Waals surface area contributed by atoms with Gasteiger partial charge < -0.3 is 0 Å². The van der Waals surface area contributed by atoms with E-state index in [9.17, 15) is 18.0 Å². The predicted molar refractivity (Wildman–Crippen MR) is 75.7 cm³/mol. The number of aldehydes is 1. The van der Waals surface area contributed by atoms with Gasteiger partial charge in [-0.1, -0.05) is 18.2 Å². The average molecular weight is 304 g/mol. The molecule has 22 heavy (non-hydrogen) atoms. The first-order valence-electron chi connectivity index (χ1n) is 6.55. The molecule has 0 fully saturated rings. The van der Waals surface area contributed by atoms with E-state index in [1.807, 2.05) is 0 Å². The highest BCUT2D eigenvalue weighted by atomic mass is 19.4. The van der Waals surface area contributed by atoms with Crippen LogP contribution < -0.4 is 0 Å². The van der Waals surface area contributed by atoms with Crippen LogP contribution in [0.2, 0.25) is 0 Å². The number of aromatic nitrogens is 2. The molecule has 3 nitrogen and oxygen atoms in total. The summed E-state index contributed by atoms with van der Waals surface area (Å²) in [6.07, 6.45) is -2.04. The van der Waals surface area contributed by atoms with Crippen LogP contribution in [-0.4, -0.2) is 16.1 Å². The molecule has 0 radical (unpaired) electrons. The fraction of sp³-hybridized carbons (Fsp3) is 0.125. The van der Waals surface area contributed by atoms with E-state index in [-0.39, 0.29) is 12.1 Å². The number of alkyl halides is 3. The highest BCUT2D eigenvalue weighted by Gasteiger charge is 2.32. The molecule has 0 amide bonds. The van der Waals surface area contributed by atoms with Gasteiger partial charge in [0.2, 0.25) is 0 Å². The second-order valence-electron chi connectivity index (χ2n) is 4.92. The Morgan fingerprint density at radius 2 is 1.91 bits per heavy atom. The van der Waals surface area contributed by atoms with Crippen molar-refractivity contribution in [2.24, 2.45) is 0 Å². The molecular formula is C16H11F3N2O. The van der Waals surface area contributed by atoms with Crippen molar-refractivity contribution in [3.05, 3.63) is 65.4 Å². The summed E-state index contributed by atoms with van der Waals surface area (Å²) in [6.45, 7) is 0.0147. The summed E-state index contributed by atoms with van der Waals surface area (Å²) in [7, 11) is 0. The number of carbonyl (C=O) groups excluding carboxylic acids is 1. The number of nitrogens with zero attached hydrogens (tertiary/aromatic N) is 2. The van der Waals surface area contributed by atoms with Crippen LogP contribution in [0, 0.1) is 0 Å². The minimum atomic E-state index is -4.39. The zero-order chi connectivity index (χ0) is 15.7. The summed E-state index contributed by atoms with van der Waals surface area (Å²) >= 11 is 0. The average Bonchev–Trinajstić information content (AvgIpc) is 2.87. The first kappa shape index (κ1) is 14.3. The molecule has 1 heterocycles.